The molecule has 2 aromatic rings. The zero-order valence-electron chi connectivity index (χ0n) is 9.31. The Labute approximate surface area is 118 Å². The molecule has 0 saturated carbocycles. The number of thioether (sulfide) groups is 1. The van der Waals surface area contributed by atoms with Crippen molar-refractivity contribution in [2.75, 3.05) is 0 Å². The van der Waals surface area contributed by atoms with E-state index in [1.165, 1.54) is 20.2 Å². The fourth-order valence-corrected chi connectivity index (χ4v) is 4.42. The average molecular weight is 323 g/mol. The van der Waals surface area contributed by atoms with Crippen LogP contribution in [0, 0.1) is 6.92 Å². The minimum absolute atomic E-state index is 0.474. The molecule has 0 radical (unpaired) electrons. The normalized spacial score (nSPS) is 18.1. The van der Waals surface area contributed by atoms with Gasteiger partial charge in [-0.05, 0) is 42.8 Å². The van der Waals surface area contributed by atoms with Crippen molar-refractivity contribution in [1.29, 1.82) is 0 Å². The lowest BCUT2D eigenvalue weighted by Gasteiger charge is -2.17. The lowest BCUT2D eigenvalue weighted by atomic mass is 10.2. The number of hydrogen-bond acceptors (Lipinski definition) is 2. The quantitative estimate of drug-likeness (QED) is 0.651. The van der Waals surface area contributed by atoms with E-state index in [0.29, 0.717) is 5.25 Å². The van der Waals surface area contributed by atoms with E-state index in [1.54, 1.807) is 0 Å². The Hall–Kier alpha value is -0.510. The summed E-state index contributed by atoms with van der Waals surface area (Å²) < 4.78 is 1.15. The van der Waals surface area contributed by atoms with E-state index < -0.39 is 0 Å². The van der Waals surface area contributed by atoms with Gasteiger partial charge in [-0.15, -0.1) is 23.1 Å². The zero-order valence-corrected chi connectivity index (χ0v) is 12.5. The molecular formula is C14H11BrS2. The van der Waals surface area contributed by atoms with E-state index in [4.69, 9.17) is 0 Å². The molecule has 1 aliphatic rings. The first-order chi connectivity index (χ1) is 8.22. The van der Waals surface area contributed by atoms with E-state index in [1.807, 2.05) is 23.1 Å². The summed E-state index contributed by atoms with van der Waals surface area (Å²) in [4.78, 5) is 4.19. The summed E-state index contributed by atoms with van der Waals surface area (Å²) in [7, 11) is 0. The molecule has 1 unspecified atom stereocenters. The van der Waals surface area contributed by atoms with Crippen LogP contribution >= 0.6 is 39.0 Å². The Kier molecular flexibility index (Phi) is 3.16. The molecule has 0 aliphatic carbocycles. The summed E-state index contributed by atoms with van der Waals surface area (Å²) in [6, 6.07) is 10.9. The second-order valence-corrected chi connectivity index (χ2v) is 7.45. The van der Waals surface area contributed by atoms with E-state index in [9.17, 15) is 0 Å². The third-order valence-corrected chi connectivity index (χ3v) is 5.73. The highest BCUT2D eigenvalue weighted by atomic mass is 79.9. The van der Waals surface area contributed by atoms with Gasteiger partial charge < -0.3 is 0 Å². The maximum Gasteiger partial charge on any atom is 0.0621 e. The fraction of sp³-hybridized carbons (Fsp3) is 0.143. The molecule has 1 atom stereocenters. The predicted molar refractivity (Wildman–Crippen MR) is 80.8 cm³/mol. The van der Waals surface area contributed by atoms with Crippen molar-refractivity contribution in [3.8, 4) is 0 Å². The smallest absolute Gasteiger partial charge is 0.0621 e. The maximum absolute atomic E-state index is 3.51. The summed E-state index contributed by atoms with van der Waals surface area (Å²) in [5.41, 5.74) is 1.31. The van der Waals surface area contributed by atoms with E-state index in [2.05, 4.69) is 65.3 Å². The van der Waals surface area contributed by atoms with Gasteiger partial charge in [0.1, 0.15) is 0 Å². The number of fused-ring (bicyclic) bond motifs is 1. The van der Waals surface area contributed by atoms with Gasteiger partial charge in [0.05, 0.1) is 5.25 Å². The van der Waals surface area contributed by atoms with E-state index >= 15 is 0 Å². The van der Waals surface area contributed by atoms with Crippen LogP contribution in [0.5, 0.6) is 0 Å². The Morgan fingerprint density at radius 1 is 1.18 bits per heavy atom. The Bertz CT molecular complexity index is 584. The average Bonchev–Trinajstić information content (AvgIpc) is 2.75. The van der Waals surface area contributed by atoms with Gasteiger partial charge in [0.15, 0.2) is 0 Å². The maximum atomic E-state index is 3.51. The van der Waals surface area contributed by atoms with Crippen LogP contribution in [-0.4, -0.2) is 0 Å². The Morgan fingerprint density at radius 2 is 2.06 bits per heavy atom. The summed E-state index contributed by atoms with van der Waals surface area (Å²) >= 11 is 7.34. The van der Waals surface area contributed by atoms with Crippen LogP contribution in [0.15, 0.2) is 45.8 Å². The lowest BCUT2D eigenvalue weighted by Crippen LogP contribution is -1.93. The lowest BCUT2D eigenvalue weighted by molar-refractivity contribution is 1.25. The van der Waals surface area contributed by atoms with Crippen molar-refractivity contribution in [2.45, 2.75) is 17.1 Å². The van der Waals surface area contributed by atoms with Crippen LogP contribution in [0.4, 0.5) is 0 Å². The topological polar surface area (TPSA) is 0 Å². The highest BCUT2D eigenvalue weighted by Gasteiger charge is 2.17. The standard InChI is InChI=1S/C14H11BrS2/c1-9-2-5-13(16-9)14-6-3-10-8-11(15)4-7-12(10)17-14/h2-8,14H,1H3. The third kappa shape index (κ3) is 2.37. The minimum Gasteiger partial charge on any atom is -0.144 e. The third-order valence-electron chi connectivity index (χ3n) is 2.72. The van der Waals surface area contributed by atoms with Crippen molar-refractivity contribution < 1.29 is 0 Å². The second-order valence-electron chi connectivity index (χ2n) is 4.03. The molecule has 0 spiro atoms. The summed E-state index contributed by atoms with van der Waals surface area (Å²) in [6.45, 7) is 2.16. The highest BCUT2D eigenvalue weighted by molar-refractivity contribution is 9.10. The van der Waals surface area contributed by atoms with Gasteiger partial charge in [-0.2, -0.15) is 0 Å². The van der Waals surface area contributed by atoms with Crippen molar-refractivity contribution in [3.63, 3.8) is 0 Å². The fourth-order valence-electron chi connectivity index (χ4n) is 1.88. The van der Waals surface area contributed by atoms with E-state index in [-0.39, 0.29) is 0 Å². The van der Waals surface area contributed by atoms with Crippen molar-refractivity contribution in [1.82, 2.24) is 0 Å². The molecule has 3 rings (SSSR count). The first-order valence-corrected chi connectivity index (χ1v) is 7.92. The molecule has 0 amide bonds. The summed E-state index contributed by atoms with van der Waals surface area (Å²) in [5.74, 6) is 0. The number of hydrogen-bond donors (Lipinski definition) is 0. The highest BCUT2D eigenvalue weighted by Crippen LogP contribution is 2.44. The second kappa shape index (κ2) is 4.63. The van der Waals surface area contributed by atoms with Gasteiger partial charge in [-0.25, -0.2) is 0 Å². The largest absolute Gasteiger partial charge is 0.144 e. The van der Waals surface area contributed by atoms with Crippen LogP contribution in [-0.2, 0) is 0 Å². The minimum atomic E-state index is 0.474. The van der Waals surface area contributed by atoms with Crippen LogP contribution < -0.4 is 0 Å². The van der Waals surface area contributed by atoms with Crippen LogP contribution in [0.25, 0.3) is 6.08 Å². The molecule has 0 bridgehead atoms. The van der Waals surface area contributed by atoms with Gasteiger partial charge in [0.25, 0.3) is 0 Å². The van der Waals surface area contributed by atoms with Crippen molar-refractivity contribution in [3.05, 3.63) is 56.2 Å². The molecule has 0 nitrogen and oxygen atoms in total. The number of aryl methyl sites for hydroxylation is 1. The molecule has 86 valence electrons. The molecule has 0 N–H and O–H groups in total. The zero-order chi connectivity index (χ0) is 11.8. The summed E-state index contributed by atoms with van der Waals surface area (Å²) in [5, 5.41) is 0.474. The first-order valence-electron chi connectivity index (χ1n) is 5.43. The van der Waals surface area contributed by atoms with Crippen molar-refractivity contribution >= 4 is 45.1 Å². The summed E-state index contributed by atoms with van der Waals surface area (Å²) in [6.07, 6.45) is 4.53. The molecule has 1 aliphatic heterocycles. The van der Waals surface area contributed by atoms with Crippen LogP contribution in [0.1, 0.15) is 20.6 Å². The van der Waals surface area contributed by atoms with Gasteiger partial charge in [-0.1, -0.05) is 28.1 Å². The molecule has 0 saturated heterocycles. The predicted octanol–water partition coefficient (Wildman–Crippen LogP) is 5.68. The van der Waals surface area contributed by atoms with Crippen LogP contribution in [0.3, 0.4) is 0 Å². The van der Waals surface area contributed by atoms with E-state index in [0.717, 1.165) is 4.47 Å². The molecule has 1 aromatic carbocycles. The molecule has 0 fully saturated rings. The number of thiophene rings is 1. The van der Waals surface area contributed by atoms with Gasteiger partial charge in [0.2, 0.25) is 0 Å². The van der Waals surface area contributed by atoms with Gasteiger partial charge in [0, 0.05) is 19.1 Å². The number of rotatable bonds is 1. The molecular weight excluding hydrogens is 312 g/mol. The SMILES string of the molecule is Cc1ccc(C2C=Cc3cc(Br)ccc3S2)s1. The monoisotopic (exact) mass is 322 g/mol. The van der Waals surface area contributed by atoms with Crippen LogP contribution in [0.2, 0.25) is 0 Å². The molecule has 1 aromatic heterocycles. The molecule has 2 heterocycles. The van der Waals surface area contributed by atoms with Gasteiger partial charge >= 0.3 is 0 Å². The number of halogens is 1. The first kappa shape index (κ1) is 11.6. The molecule has 17 heavy (non-hydrogen) atoms. The molecule has 3 heteroatoms. The Balaban J connectivity index is 1.94. The Morgan fingerprint density at radius 3 is 2.82 bits per heavy atom. The van der Waals surface area contributed by atoms with Crippen molar-refractivity contribution in [2.24, 2.45) is 0 Å². The van der Waals surface area contributed by atoms with Gasteiger partial charge in [-0.3, -0.25) is 0 Å². The number of benzene rings is 1.